The summed E-state index contributed by atoms with van der Waals surface area (Å²) in [5, 5.41) is 17.7. The molecule has 1 aromatic carbocycles. The number of allylic oxidation sites excluding steroid dienone is 1. The number of carbonyl (C=O) groups is 2. The fourth-order valence-electron chi connectivity index (χ4n) is 1.90. The Morgan fingerprint density at radius 1 is 1.18 bits per heavy atom. The molecule has 0 aliphatic heterocycles. The van der Waals surface area contributed by atoms with Crippen LogP contribution in [-0.4, -0.2) is 29.1 Å². The minimum atomic E-state index is -1.56. The third-order valence-electron chi connectivity index (χ3n) is 3.05. The molecule has 0 atom stereocenters. The van der Waals surface area contributed by atoms with Gasteiger partial charge in [0.1, 0.15) is 12.0 Å². The fraction of sp³-hybridized carbons (Fsp3) is 0.125. The first-order valence-corrected chi connectivity index (χ1v) is 6.37. The number of methoxy groups -OCH3 is 1. The topological polar surface area (TPSA) is 97.0 Å². The van der Waals surface area contributed by atoms with Gasteiger partial charge >= 0.3 is 5.97 Å². The number of carbonyl (C=O) groups excluding carboxylic acids is 1. The zero-order valence-corrected chi connectivity index (χ0v) is 11.8. The van der Waals surface area contributed by atoms with E-state index in [4.69, 9.17) is 19.4 Å². The van der Waals surface area contributed by atoms with Crippen molar-refractivity contribution < 1.29 is 29.0 Å². The minimum Gasteiger partial charge on any atom is -0.502 e. The van der Waals surface area contributed by atoms with Crippen molar-refractivity contribution in [1.82, 2.24) is 0 Å². The van der Waals surface area contributed by atoms with Crippen molar-refractivity contribution in [1.29, 1.82) is 0 Å². The fourth-order valence-corrected chi connectivity index (χ4v) is 1.90. The molecule has 114 valence electrons. The molecule has 0 spiro atoms. The molecular weight excluding hydrogens is 288 g/mol. The lowest BCUT2D eigenvalue weighted by Crippen LogP contribution is -2.05. The van der Waals surface area contributed by atoms with E-state index in [0.717, 1.165) is 11.3 Å². The average molecular weight is 302 g/mol. The van der Waals surface area contributed by atoms with Crippen molar-refractivity contribution in [3.63, 3.8) is 0 Å². The van der Waals surface area contributed by atoms with E-state index in [2.05, 4.69) is 0 Å². The summed E-state index contributed by atoms with van der Waals surface area (Å²) < 4.78 is 10.1. The Morgan fingerprint density at radius 3 is 2.45 bits per heavy atom. The van der Waals surface area contributed by atoms with Crippen LogP contribution in [0.4, 0.5) is 0 Å². The first-order chi connectivity index (χ1) is 10.5. The molecule has 2 rings (SSSR count). The van der Waals surface area contributed by atoms with Crippen LogP contribution < -0.4 is 4.74 Å². The molecule has 6 nitrogen and oxygen atoms in total. The molecule has 22 heavy (non-hydrogen) atoms. The Hall–Kier alpha value is -3.02. The van der Waals surface area contributed by atoms with E-state index in [9.17, 15) is 9.59 Å². The highest BCUT2D eigenvalue weighted by Crippen LogP contribution is 2.19. The molecule has 6 heteroatoms. The lowest BCUT2D eigenvalue weighted by Gasteiger charge is -2.03. The van der Waals surface area contributed by atoms with Gasteiger partial charge in [0.05, 0.1) is 18.9 Å². The third kappa shape index (κ3) is 3.54. The molecular formula is C16H14O6. The van der Waals surface area contributed by atoms with Gasteiger partial charge < -0.3 is 19.4 Å². The van der Waals surface area contributed by atoms with Gasteiger partial charge in [-0.1, -0.05) is 12.1 Å². The summed E-state index contributed by atoms with van der Waals surface area (Å²) in [6.45, 7) is 0. The molecule has 2 N–H and O–H groups in total. The second-order valence-corrected chi connectivity index (χ2v) is 4.53. The van der Waals surface area contributed by atoms with Gasteiger partial charge in [0.2, 0.25) is 5.76 Å². The van der Waals surface area contributed by atoms with Gasteiger partial charge in [-0.2, -0.15) is 0 Å². The van der Waals surface area contributed by atoms with Crippen LogP contribution in [0.15, 0.2) is 53.0 Å². The molecule has 0 unspecified atom stereocenters. The van der Waals surface area contributed by atoms with E-state index in [1.807, 2.05) is 12.1 Å². The summed E-state index contributed by atoms with van der Waals surface area (Å²) in [7, 11) is 1.57. The van der Waals surface area contributed by atoms with Crippen LogP contribution >= 0.6 is 0 Å². The Balaban J connectivity index is 2.20. The molecule has 1 heterocycles. The molecule has 1 aromatic heterocycles. The van der Waals surface area contributed by atoms with Crippen molar-refractivity contribution in [2.45, 2.75) is 6.42 Å². The molecule has 0 fully saturated rings. The second-order valence-electron chi connectivity index (χ2n) is 4.53. The normalized spacial score (nSPS) is 11.2. The monoisotopic (exact) mass is 302 g/mol. The van der Waals surface area contributed by atoms with Crippen LogP contribution in [0.3, 0.4) is 0 Å². The maximum Gasteiger partial charge on any atom is 0.371 e. The van der Waals surface area contributed by atoms with Gasteiger partial charge in [0.15, 0.2) is 5.78 Å². The van der Waals surface area contributed by atoms with Crippen molar-refractivity contribution in [2.75, 3.05) is 7.11 Å². The smallest absolute Gasteiger partial charge is 0.371 e. The standard InChI is InChI=1S/C16H14O6/c1-21-12-4-2-10(3-5-12)6-11-8-22-9-13(11)14(17)7-15(18)16(19)20/h2-5,7-9,18H,6H2,1H3,(H,19,20)/b15-7-. The Labute approximate surface area is 126 Å². The number of hydrogen-bond donors (Lipinski definition) is 2. The van der Waals surface area contributed by atoms with Crippen LogP contribution in [0.5, 0.6) is 5.75 Å². The summed E-state index contributed by atoms with van der Waals surface area (Å²) in [6.07, 6.45) is 3.74. The minimum absolute atomic E-state index is 0.212. The number of hydrogen-bond acceptors (Lipinski definition) is 5. The van der Waals surface area contributed by atoms with Crippen LogP contribution in [0.1, 0.15) is 21.5 Å². The molecule has 2 aromatic rings. The summed E-state index contributed by atoms with van der Waals surface area (Å²) in [4.78, 5) is 22.5. The molecule has 0 radical (unpaired) electrons. The van der Waals surface area contributed by atoms with Crippen LogP contribution in [0.25, 0.3) is 0 Å². The highest BCUT2D eigenvalue weighted by atomic mass is 16.5. The number of carboxylic acid groups (broad SMARTS) is 1. The van der Waals surface area contributed by atoms with Crippen LogP contribution in [0, 0.1) is 0 Å². The van der Waals surface area contributed by atoms with Gasteiger partial charge in [-0.3, -0.25) is 4.79 Å². The predicted octanol–water partition coefficient (Wildman–Crippen LogP) is 2.59. The van der Waals surface area contributed by atoms with E-state index < -0.39 is 17.5 Å². The van der Waals surface area contributed by atoms with Gasteiger partial charge in [0.25, 0.3) is 0 Å². The van der Waals surface area contributed by atoms with E-state index in [-0.39, 0.29) is 5.56 Å². The summed E-state index contributed by atoms with van der Waals surface area (Å²) in [6, 6.07) is 7.30. The number of rotatable bonds is 6. The first-order valence-electron chi connectivity index (χ1n) is 6.37. The Kier molecular flexibility index (Phi) is 4.63. The largest absolute Gasteiger partial charge is 0.502 e. The number of ether oxygens (including phenoxy) is 1. The van der Waals surface area contributed by atoms with E-state index in [0.29, 0.717) is 18.1 Å². The van der Waals surface area contributed by atoms with Crippen LogP contribution in [-0.2, 0) is 11.2 Å². The number of carboxylic acids is 1. The Bertz CT molecular complexity index is 708. The Morgan fingerprint density at radius 2 is 1.86 bits per heavy atom. The number of aliphatic carboxylic acids is 1. The number of ketones is 1. The zero-order chi connectivity index (χ0) is 16.1. The molecule has 0 saturated carbocycles. The van der Waals surface area contributed by atoms with E-state index in [1.165, 1.54) is 12.5 Å². The van der Waals surface area contributed by atoms with Crippen molar-refractivity contribution in [3.8, 4) is 5.75 Å². The quantitative estimate of drug-likeness (QED) is 0.483. The summed E-state index contributed by atoms with van der Waals surface area (Å²) in [5.41, 5.74) is 1.75. The number of furan rings is 1. The highest BCUT2D eigenvalue weighted by Gasteiger charge is 2.15. The molecule has 0 aliphatic rings. The maximum absolute atomic E-state index is 12.0. The van der Waals surface area contributed by atoms with Crippen molar-refractivity contribution >= 4 is 11.8 Å². The van der Waals surface area contributed by atoms with Crippen molar-refractivity contribution in [2.24, 2.45) is 0 Å². The molecule has 0 amide bonds. The van der Waals surface area contributed by atoms with Gasteiger partial charge in [-0.25, -0.2) is 4.79 Å². The molecule has 0 aliphatic carbocycles. The lowest BCUT2D eigenvalue weighted by molar-refractivity contribution is -0.135. The molecule has 0 bridgehead atoms. The lowest BCUT2D eigenvalue weighted by atomic mass is 10.0. The number of benzene rings is 1. The van der Waals surface area contributed by atoms with Crippen LogP contribution in [0.2, 0.25) is 0 Å². The van der Waals surface area contributed by atoms with E-state index >= 15 is 0 Å². The summed E-state index contributed by atoms with van der Waals surface area (Å²) in [5.74, 6) is -2.48. The molecule has 0 saturated heterocycles. The van der Waals surface area contributed by atoms with Gasteiger partial charge in [-0.05, 0) is 17.7 Å². The third-order valence-corrected chi connectivity index (χ3v) is 3.05. The summed E-state index contributed by atoms with van der Waals surface area (Å²) >= 11 is 0. The van der Waals surface area contributed by atoms with Gasteiger partial charge in [-0.15, -0.1) is 0 Å². The second kappa shape index (κ2) is 6.62. The SMILES string of the molecule is COc1ccc(Cc2cocc2C(=O)/C=C(\O)C(=O)O)cc1. The van der Waals surface area contributed by atoms with E-state index in [1.54, 1.807) is 19.2 Å². The number of aliphatic hydroxyl groups excluding tert-OH is 1. The maximum atomic E-state index is 12.0. The average Bonchev–Trinajstić information content (AvgIpc) is 2.96. The number of aliphatic hydroxyl groups is 1. The highest BCUT2D eigenvalue weighted by molar-refractivity contribution is 6.08. The van der Waals surface area contributed by atoms with Crippen molar-refractivity contribution in [3.05, 3.63) is 65.3 Å². The zero-order valence-electron chi connectivity index (χ0n) is 11.8. The predicted molar refractivity (Wildman–Crippen MR) is 77.2 cm³/mol. The first kappa shape index (κ1) is 15.4. The van der Waals surface area contributed by atoms with Gasteiger partial charge in [0, 0.05) is 18.1 Å².